The van der Waals surface area contributed by atoms with Gasteiger partial charge in [0, 0.05) is 11.5 Å². The van der Waals surface area contributed by atoms with Gasteiger partial charge in [-0.05, 0) is 24.1 Å². The topological polar surface area (TPSA) is 32.6 Å². The van der Waals surface area contributed by atoms with Gasteiger partial charge in [-0.25, -0.2) is 4.39 Å². The lowest BCUT2D eigenvalue weighted by Crippen LogP contribution is -2.05. The van der Waals surface area contributed by atoms with Crippen LogP contribution in [0.4, 0.5) is 4.39 Å². The molecule has 0 aromatic heterocycles. The van der Waals surface area contributed by atoms with E-state index in [-0.39, 0.29) is 11.7 Å². The Balaban J connectivity index is 2.57. The highest BCUT2D eigenvalue weighted by Crippen LogP contribution is 2.27. The smallest absolute Gasteiger partial charge is 0.123 e. The van der Waals surface area contributed by atoms with Crippen molar-refractivity contribution in [3.63, 3.8) is 0 Å². The third-order valence-corrected chi connectivity index (χ3v) is 2.45. The molecule has 0 saturated carbocycles. The van der Waals surface area contributed by atoms with Gasteiger partial charge in [0.25, 0.3) is 0 Å². The minimum absolute atomic E-state index is 0.182. The molecular weight excluding hydrogens is 169 g/mol. The molecule has 1 aromatic rings. The van der Waals surface area contributed by atoms with E-state index in [0.717, 1.165) is 17.5 Å². The van der Waals surface area contributed by atoms with Crippen LogP contribution in [-0.4, -0.2) is 10.9 Å². The van der Waals surface area contributed by atoms with Crippen molar-refractivity contribution < 1.29 is 9.60 Å². The normalized spacial score (nSPS) is 23.5. The molecule has 1 aliphatic rings. The van der Waals surface area contributed by atoms with E-state index < -0.39 is 0 Å². The zero-order valence-electron chi connectivity index (χ0n) is 7.29. The third-order valence-electron chi connectivity index (χ3n) is 2.45. The number of nitrogens with zero attached hydrogens (tertiary/aromatic N) is 1. The van der Waals surface area contributed by atoms with Crippen LogP contribution in [0.15, 0.2) is 23.4 Å². The Morgan fingerprint density at radius 2 is 2.31 bits per heavy atom. The molecule has 0 heterocycles. The van der Waals surface area contributed by atoms with Gasteiger partial charge in [-0.15, -0.1) is 0 Å². The summed E-state index contributed by atoms with van der Waals surface area (Å²) in [4.78, 5) is 0. The van der Waals surface area contributed by atoms with Crippen molar-refractivity contribution in [2.75, 3.05) is 0 Å². The number of benzene rings is 1. The molecule has 0 amide bonds. The molecule has 0 bridgehead atoms. The predicted octanol–water partition coefficient (Wildman–Crippen LogP) is 2.20. The Hall–Kier alpha value is -1.38. The van der Waals surface area contributed by atoms with Crippen molar-refractivity contribution >= 4 is 5.71 Å². The fourth-order valence-electron chi connectivity index (χ4n) is 1.81. The Labute approximate surface area is 75.7 Å². The summed E-state index contributed by atoms with van der Waals surface area (Å²) in [6, 6.07) is 4.61. The number of fused-ring (bicyclic) bond motifs is 1. The average molecular weight is 179 g/mol. The van der Waals surface area contributed by atoms with Crippen LogP contribution < -0.4 is 0 Å². The molecule has 0 saturated heterocycles. The summed E-state index contributed by atoms with van der Waals surface area (Å²) in [6.45, 7) is 1.97. The summed E-state index contributed by atoms with van der Waals surface area (Å²) >= 11 is 0. The highest BCUT2D eigenvalue weighted by molar-refractivity contribution is 6.05. The van der Waals surface area contributed by atoms with Crippen molar-refractivity contribution in [3.05, 3.63) is 35.1 Å². The lowest BCUT2D eigenvalue weighted by atomic mass is 10.1. The quantitative estimate of drug-likeness (QED) is 0.480. The lowest BCUT2D eigenvalue weighted by Gasteiger charge is -2.00. The van der Waals surface area contributed by atoms with Gasteiger partial charge in [-0.3, -0.25) is 0 Å². The molecule has 0 aliphatic heterocycles. The minimum atomic E-state index is -0.283. The molecule has 0 radical (unpaired) electrons. The summed E-state index contributed by atoms with van der Waals surface area (Å²) < 4.78 is 12.9. The van der Waals surface area contributed by atoms with Gasteiger partial charge in [0.15, 0.2) is 0 Å². The van der Waals surface area contributed by atoms with Gasteiger partial charge in [0.1, 0.15) is 5.82 Å². The van der Waals surface area contributed by atoms with Crippen molar-refractivity contribution in [2.45, 2.75) is 13.3 Å². The monoisotopic (exact) mass is 179 g/mol. The molecule has 68 valence electrons. The van der Waals surface area contributed by atoms with Gasteiger partial charge >= 0.3 is 0 Å². The van der Waals surface area contributed by atoms with Crippen LogP contribution in [0.25, 0.3) is 0 Å². The van der Waals surface area contributed by atoms with E-state index in [1.807, 2.05) is 6.92 Å². The van der Waals surface area contributed by atoms with Crippen LogP contribution in [-0.2, 0) is 6.42 Å². The Morgan fingerprint density at radius 1 is 1.54 bits per heavy atom. The van der Waals surface area contributed by atoms with Gasteiger partial charge in [0.2, 0.25) is 0 Å². The number of halogens is 1. The van der Waals surface area contributed by atoms with Gasteiger partial charge in [0.05, 0.1) is 5.71 Å². The zero-order chi connectivity index (χ0) is 9.42. The van der Waals surface area contributed by atoms with E-state index in [1.54, 1.807) is 6.07 Å². The van der Waals surface area contributed by atoms with Crippen molar-refractivity contribution in [1.29, 1.82) is 0 Å². The van der Waals surface area contributed by atoms with Crippen LogP contribution in [0.3, 0.4) is 0 Å². The minimum Gasteiger partial charge on any atom is -0.411 e. The summed E-state index contributed by atoms with van der Waals surface area (Å²) in [5.41, 5.74) is 2.39. The van der Waals surface area contributed by atoms with Crippen LogP contribution in [0, 0.1) is 11.7 Å². The Morgan fingerprint density at radius 3 is 3.00 bits per heavy atom. The highest BCUT2D eigenvalue weighted by atomic mass is 19.1. The largest absolute Gasteiger partial charge is 0.411 e. The molecule has 0 fully saturated rings. The first kappa shape index (κ1) is 8.23. The number of oxime groups is 1. The van der Waals surface area contributed by atoms with Crippen LogP contribution in [0.1, 0.15) is 18.1 Å². The second-order valence-corrected chi connectivity index (χ2v) is 3.39. The first-order chi connectivity index (χ1) is 6.22. The molecule has 1 N–H and O–H groups in total. The van der Waals surface area contributed by atoms with Gasteiger partial charge < -0.3 is 5.21 Å². The molecule has 1 atom stereocenters. The number of hydrogen-bond donors (Lipinski definition) is 1. The fourth-order valence-corrected chi connectivity index (χ4v) is 1.81. The zero-order valence-corrected chi connectivity index (χ0v) is 7.29. The summed E-state index contributed by atoms with van der Waals surface area (Å²) in [6.07, 6.45) is 0.828. The van der Waals surface area contributed by atoms with E-state index in [9.17, 15) is 4.39 Å². The second-order valence-electron chi connectivity index (χ2n) is 3.39. The van der Waals surface area contributed by atoms with Crippen LogP contribution >= 0.6 is 0 Å². The van der Waals surface area contributed by atoms with Crippen LogP contribution in [0.5, 0.6) is 0 Å². The molecule has 1 aliphatic carbocycles. The number of hydrogen-bond acceptors (Lipinski definition) is 2. The molecule has 13 heavy (non-hydrogen) atoms. The van der Waals surface area contributed by atoms with Crippen molar-refractivity contribution in [1.82, 2.24) is 0 Å². The maximum Gasteiger partial charge on any atom is 0.123 e. The van der Waals surface area contributed by atoms with E-state index in [2.05, 4.69) is 5.16 Å². The summed E-state index contributed by atoms with van der Waals surface area (Å²) in [5.74, 6) is -0.101. The van der Waals surface area contributed by atoms with E-state index >= 15 is 0 Å². The molecule has 0 spiro atoms. The van der Waals surface area contributed by atoms with E-state index in [0.29, 0.717) is 5.71 Å². The lowest BCUT2D eigenvalue weighted by molar-refractivity contribution is 0.316. The van der Waals surface area contributed by atoms with Crippen molar-refractivity contribution in [3.8, 4) is 0 Å². The van der Waals surface area contributed by atoms with E-state index in [1.165, 1.54) is 12.1 Å². The Bertz CT molecular complexity index is 373. The van der Waals surface area contributed by atoms with Crippen LogP contribution in [0.2, 0.25) is 0 Å². The van der Waals surface area contributed by atoms with Gasteiger partial charge in [-0.1, -0.05) is 18.1 Å². The molecule has 2 rings (SSSR count). The summed E-state index contributed by atoms with van der Waals surface area (Å²) in [5, 5.41) is 11.9. The van der Waals surface area contributed by atoms with Crippen molar-refractivity contribution in [2.24, 2.45) is 11.1 Å². The average Bonchev–Trinajstić information content (AvgIpc) is 2.40. The predicted molar refractivity (Wildman–Crippen MR) is 47.6 cm³/mol. The maximum atomic E-state index is 12.9. The number of rotatable bonds is 0. The molecular formula is C10H10FNO. The molecule has 1 aromatic carbocycles. The molecule has 1 unspecified atom stereocenters. The first-order valence-corrected chi connectivity index (χ1v) is 4.23. The third kappa shape index (κ3) is 1.20. The van der Waals surface area contributed by atoms with Gasteiger partial charge in [-0.2, -0.15) is 0 Å². The van der Waals surface area contributed by atoms with E-state index in [4.69, 9.17) is 5.21 Å². The summed E-state index contributed by atoms with van der Waals surface area (Å²) in [7, 11) is 0. The second kappa shape index (κ2) is 2.83. The first-order valence-electron chi connectivity index (χ1n) is 4.23. The Kier molecular flexibility index (Phi) is 1.79. The SMILES string of the molecule is CC1Cc2ccc(F)cc2/C1=N/O. The molecule has 2 nitrogen and oxygen atoms in total. The standard InChI is InChI=1S/C10H10FNO/c1-6-4-7-2-3-8(11)5-9(7)10(6)12-13/h2-3,5-6,13H,4H2,1H3/b12-10+. The molecule has 3 heteroatoms. The highest BCUT2D eigenvalue weighted by Gasteiger charge is 2.25. The fraction of sp³-hybridized carbons (Fsp3) is 0.300. The maximum absolute atomic E-state index is 12.9.